The second-order valence-corrected chi connectivity index (χ2v) is 6.79. The fraction of sp³-hybridized carbons (Fsp3) is 0.286. The first-order chi connectivity index (χ1) is 12.3. The number of rotatable bonds is 4. The number of amides is 1. The second kappa shape index (κ2) is 7.12. The topological polar surface area (TPSA) is 72.5 Å². The van der Waals surface area contributed by atoms with Crippen LogP contribution in [0, 0.1) is 0 Å². The Bertz CT molecular complexity index is 868. The maximum Gasteiger partial charge on any atom is 0.339 e. The van der Waals surface area contributed by atoms with Gasteiger partial charge in [0.25, 0.3) is 5.91 Å². The van der Waals surface area contributed by atoms with E-state index in [0.717, 1.165) is 11.1 Å². The van der Waals surface area contributed by atoms with Crippen molar-refractivity contribution in [3.63, 3.8) is 0 Å². The minimum Gasteiger partial charge on any atom is -0.448 e. The Kier molecular flexibility index (Phi) is 4.89. The number of cyclic esters (lactones) is 1. The van der Waals surface area contributed by atoms with Crippen LogP contribution < -0.4 is 5.32 Å². The molecule has 0 bridgehead atoms. The summed E-state index contributed by atoms with van der Waals surface area (Å²) in [4.78, 5) is 36.0. The van der Waals surface area contributed by atoms with Crippen LogP contribution in [0.4, 0.5) is 5.69 Å². The van der Waals surface area contributed by atoms with Gasteiger partial charge >= 0.3 is 5.97 Å². The van der Waals surface area contributed by atoms with Crippen LogP contribution in [0.1, 0.15) is 58.5 Å². The van der Waals surface area contributed by atoms with E-state index < -0.39 is 12.1 Å². The summed E-state index contributed by atoms with van der Waals surface area (Å²) in [5, 5.41) is 2.74. The van der Waals surface area contributed by atoms with E-state index in [1.54, 1.807) is 30.3 Å². The number of Topliss-reactive ketones (excluding diaryl/α,β-unsaturated/α-hetero) is 1. The Morgan fingerprint density at radius 1 is 1.12 bits per heavy atom. The number of esters is 1. The van der Waals surface area contributed by atoms with Crippen molar-refractivity contribution in [2.75, 3.05) is 5.32 Å². The number of nitrogens with one attached hydrogen (secondary N) is 1. The zero-order valence-electron chi connectivity index (χ0n) is 15.0. The lowest BCUT2D eigenvalue weighted by Crippen LogP contribution is -2.38. The molecule has 3 rings (SSSR count). The van der Waals surface area contributed by atoms with Gasteiger partial charge in [0.1, 0.15) is 0 Å². The molecular formula is C21H21NO4. The highest BCUT2D eigenvalue weighted by Gasteiger charge is 2.31. The molecule has 2 aromatic rings. The first-order valence-corrected chi connectivity index (χ1v) is 8.61. The standard InChI is InChI=1S/C21H21NO4/c1-12(2)15-6-9-18-16(10-15)11-19(26-21(18)25)20(24)22-17-7-4-14(5-8-17)13(3)23/h4-10,12,19H,11H2,1-3H3,(H,22,24). The van der Waals surface area contributed by atoms with Crippen LogP contribution in [-0.2, 0) is 16.0 Å². The molecule has 5 nitrogen and oxygen atoms in total. The van der Waals surface area contributed by atoms with Crippen molar-refractivity contribution in [1.29, 1.82) is 0 Å². The summed E-state index contributed by atoms with van der Waals surface area (Å²) in [6.07, 6.45) is -0.524. The molecule has 0 fully saturated rings. The number of ether oxygens (including phenoxy) is 1. The Balaban J connectivity index is 1.75. The zero-order valence-corrected chi connectivity index (χ0v) is 15.0. The predicted molar refractivity (Wildman–Crippen MR) is 98.5 cm³/mol. The normalized spacial score (nSPS) is 16.0. The molecule has 0 aromatic heterocycles. The van der Waals surface area contributed by atoms with Crippen molar-refractivity contribution >= 4 is 23.3 Å². The van der Waals surface area contributed by atoms with E-state index in [2.05, 4.69) is 19.2 Å². The average molecular weight is 351 g/mol. The number of fused-ring (bicyclic) bond motifs is 1. The Morgan fingerprint density at radius 2 is 1.81 bits per heavy atom. The second-order valence-electron chi connectivity index (χ2n) is 6.79. The molecule has 0 spiro atoms. The van der Waals surface area contributed by atoms with Gasteiger partial charge in [-0.05, 0) is 54.3 Å². The molecule has 1 atom stereocenters. The number of anilines is 1. The summed E-state index contributed by atoms with van der Waals surface area (Å²) in [6, 6.07) is 12.3. The molecular weight excluding hydrogens is 330 g/mol. The number of hydrogen-bond acceptors (Lipinski definition) is 4. The summed E-state index contributed by atoms with van der Waals surface area (Å²) in [6.45, 7) is 5.65. The molecule has 0 saturated carbocycles. The highest BCUT2D eigenvalue weighted by atomic mass is 16.5. The van der Waals surface area contributed by atoms with Crippen LogP contribution in [0.3, 0.4) is 0 Å². The highest BCUT2D eigenvalue weighted by molar-refractivity contribution is 6.00. The van der Waals surface area contributed by atoms with E-state index in [1.165, 1.54) is 6.92 Å². The van der Waals surface area contributed by atoms with Gasteiger partial charge in [-0.3, -0.25) is 9.59 Å². The summed E-state index contributed by atoms with van der Waals surface area (Å²) in [5.74, 6) is -0.560. The van der Waals surface area contributed by atoms with E-state index in [1.807, 2.05) is 12.1 Å². The molecule has 0 saturated heterocycles. The van der Waals surface area contributed by atoms with Crippen molar-refractivity contribution in [2.45, 2.75) is 39.2 Å². The van der Waals surface area contributed by atoms with Gasteiger partial charge in [0.15, 0.2) is 11.9 Å². The Labute approximate surface area is 152 Å². The van der Waals surface area contributed by atoms with Gasteiger partial charge in [-0.2, -0.15) is 0 Å². The molecule has 1 N–H and O–H groups in total. The fourth-order valence-corrected chi connectivity index (χ4v) is 2.93. The molecule has 0 aliphatic carbocycles. The number of carbonyl (C=O) groups is 3. The fourth-order valence-electron chi connectivity index (χ4n) is 2.93. The van der Waals surface area contributed by atoms with Gasteiger partial charge in [0, 0.05) is 17.7 Å². The average Bonchev–Trinajstić information content (AvgIpc) is 2.61. The van der Waals surface area contributed by atoms with Crippen LogP contribution in [0.25, 0.3) is 0 Å². The maximum atomic E-state index is 12.5. The van der Waals surface area contributed by atoms with Crippen molar-refractivity contribution in [3.05, 3.63) is 64.7 Å². The smallest absolute Gasteiger partial charge is 0.339 e. The number of carbonyl (C=O) groups excluding carboxylic acids is 3. The van der Waals surface area contributed by atoms with E-state index in [9.17, 15) is 14.4 Å². The van der Waals surface area contributed by atoms with Crippen LogP contribution in [0.5, 0.6) is 0 Å². The van der Waals surface area contributed by atoms with Crippen molar-refractivity contribution < 1.29 is 19.1 Å². The molecule has 1 aliphatic rings. The van der Waals surface area contributed by atoms with E-state index in [4.69, 9.17) is 4.74 Å². The minimum atomic E-state index is -0.870. The SMILES string of the molecule is CC(=O)c1ccc(NC(=O)C2Cc3cc(C(C)C)ccc3C(=O)O2)cc1. The summed E-state index contributed by atoms with van der Waals surface area (Å²) < 4.78 is 5.30. The van der Waals surface area contributed by atoms with Crippen molar-refractivity contribution in [1.82, 2.24) is 0 Å². The van der Waals surface area contributed by atoms with Gasteiger partial charge in [-0.1, -0.05) is 26.0 Å². The monoisotopic (exact) mass is 351 g/mol. The molecule has 5 heteroatoms. The van der Waals surface area contributed by atoms with E-state index >= 15 is 0 Å². The maximum absolute atomic E-state index is 12.5. The molecule has 26 heavy (non-hydrogen) atoms. The van der Waals surface area contributed by atoms with Crippen LogP contribution in [0.15, 0.2) is 42.5 Å². The Morgan fingerprint density at radius 3 is 2.42 bits per heavy atom. The Hall–Kier alpha value is -2.95. The third-order valence-corrected chi connectivity index (χ3v) is 4.52. The van der Waals surface area contributed by atoms with Gasteiger partial charge in [0.2, 0.25) is 0 Å². The van der Waals surface area contributed by atoms with Crippen LogP contribution >= 0.6 is 0 Å². The largest absolute Gasteiger partial charge is 0.448 e. The molecule has 2 aromatic carbocycles. The summed E-state index contributed by atoms with van der Waals surface area (Å²) in [5.41, 5.74) is 3.60. The molecule has 1 unspecified atom stereocenters. The lowest BCUT2D eigenvalue weighted by molar-refractivity contribution is -0.125. The van der Waals surface area contributed by atoms with Crippen LogP contribution in [-0.4, -0.2) is 23.8 Å². The molecule has 1 heterocycles. The van der Waals surface area contributed by atoms with E-state index in [-0.39, 0.29) is 11.7 Å². The zero-order chi connectivity index (χ0) is 18.8. The lowest BCUT2D eigenvalue weighted by atomic mass is 9.92. The number of benzene rings is 2. The van der Waals surface area contributed by atoms with Gasteiger partial charge in [-0.15, -0.1) is 0 Å². The third kappa shape index (κ3) is 3.67. The lowest BCUT2D eigenvalue weighted by Gasteiger charge is -2.24. The predicted octanol–water partition coefficient (Wildman–Crippen LogP) is 3.73. The molecule has 1 amide bonds. The highest BCUT2D eigenvalue weighted by Crippen LogP contribution is 2.26. The number of ketones is 1. The van der Waals surface area contributed by atoms with Gasteiger partial charge < -0.3 is 10.1 Å². The van der Waals surface area contributed by atoms with Crippen LogP contribution in [0.2, 0.25) is 0 Å². The quantitative estimate of drug-likeness (QED) is 0.673. The summed E-state index contributed by atoms with van der Waals surface area (Å²) in [7, 11) is 0. The van der Waals surface area contributed by atoms with Gasteiger partial charge in [-0.25, -0.2) is 4.79 Å². The molecule has 0 radical (unpaired) electrons. The number of hydrogen-bond donors (Lipinski definition) is 1. The first kappa shape index (κ1) is 17.9. The van der Waals surface area contributed by atoms with E-state index in [0.29, 0.717) is 29.2 Å². The van der Waals surface area contributed by atoms with Crippen molar-refractivity contribution in [2.24, 2.45) is 0 Å². The molecule has 134 valence electrons. The van der Waals surface area contributed by atoms with Gasteiger partial charge in [0.05, 0.1) is 5.56 Å². The van der Waals surface area contributed by atoms with Crippen molar-refractivity contribution in [3.8, 4) is 0 Å². The minimum absolute atomic E-state index is 0.0401. The summed E-state index contributed by atoms with van der Waals surface area (Å²) >= 11 is 0. The third-order valence-electron chi connectivity index (χ3n) is 4.52. The first-order valence-electron chi connectivity index (χ1n) is 8.61. The molecule has 1 aliphatic heterocycles.